The summed E-state index contributed by atoms with van der Waals surface area (Å²) in [6, 6.07) is 0. The molecule has 1 saturated carbocycles. The van der Waals surface area contributed by atoms with Crippen molar-refractivity contribution in [1.82, 2.24) is 10.3 Å². The van der Waals surface area contributed by atoms with Gasteiger partial charge >= 0.3 is 0 Å². The molecule has 6 heteroatoms. The van der Waals surface area contributed by atoms with Crippen molar-refractivity contribution in [3.63, 3.8) is 0 Å². The first-order valence-electron chi connectivity index (χ1n) is 6.76. The molecule has 1 heterocycles. The summed E-state index contributed by atoms with van der Waals surface area (Å²) in [5, 5.41) is 6.09. The van der Waals surface area contributed by atoms with Crippen molar-refractivity contribution < 1.29 is 8.42 Å². The van der Waals surface area contributed by atoms with Gasteiger partial charge in [-0.25, -0.2) is 13.4 Å². The van der Waals surface area contributed by atoms with Crippen LogP contribution < -0.4 is 5.32 Å². The van der Waals surface area contributed by atoms with E-state index < -0.39 is 15.4 Å². The van der Waals surface area contributed by atoms with Gasteiger partial charge in [0.2, 0.25) is 0 Å². The van der Waals surface area contributed by atoms with Crippen LogP contribution in [0.25, 0.3) is 0 Å². The Bertz CT molecular complexity index is 539. The summed E-state index contributed by atoms with van der Waals surface area (Å²) in [6.45, 7) is 4.88. The van der Waals surface area contributed by atoms with Crippen LogP contribution in [0.5, 0.6) is 0 Å². The molecule has 1 fully saturated rings. The van der Waals surface area contributed by atoms with Crippen molar-refractivity contribution in [2.24, 2.45) is 0 Å². The number of aryl methyl sites for hydroxylation is 1. The Morgan fingerprint density at radius 1 is 1.58 bits per heavy atom. The molecule has 2 unspecified atom stereocenters. The SMILES string of the molecule is CCCNC1(c2nc(C)cs2)CCCC1S(C)(=O)=O. The van der Waals surface area contributed by atoms with Crippen LogP contribution in [-0.2, 0) is 15.4 Å². The van der Waals surface area contributed by atoms with Crippen LogP contribution >= 0.6 is 11.3 Å². The van der Waals surface area contributed by atoms with Gasteiger partial charge < -0.3 is 5.32 Å². The minimum Gasteiger partial charge on any atom is -0.304 e. The third-order valence-electron chi connectivity index (χ3n) is 3.79. The summed E-state index contributed by atoms with van der Waals surface area (Å²) in [5.41, 5.74) is 0.500. The maximum absolute atomic E-state index is 12.1. The van der Waals surface area contributed by atoms with Crippen LogP contribution in [0, 0.1) is 6.92 Å². The van der Waals surface area contributed by atoms with E-state index in [4.69, 9.17) is 0 Å². The second-order valence-electron chi connectivity index (χ2n) is 5.40. The molecule has 2 atom stereocenters. The van der Waals surface area contributed by atoms with E-state index in [2.05, 4.69) is 17.2 Å². The third-order valence-corrected chi connectivity index (χ3v) is 6.60. The van der Waals surface area contributed by atoms with E-state index in [1.807, 2.05) is 12.3 Å². The second-order valence-corrected chi connectivity index (χ2v) is 8.49. The average molecular weight is 302 g/mol. The van der Waals surface area contributed by atoms with E-state index in [9.17, 15) is 8.42 Å². The van der Waals surface area contributed by atoms with Crippen molar-refractivity contribution in [2.45, 2.75) is 50.3 Å². The van der Waals surface area contributed by atoms with E-state index >= 15 is 0 Å². The van der Waals surface area contributed by atoms with Gasteiger partial charge in [-0.05, 0) is 39.2 Å². The lowest BCUT2D eigenvalue weighted by atomic mass is 9.97. The van der Waals surface area contributed by atoms with Crippen molar-refractivity contribution in [2.75, 3.05) is 12.8 Å². The predicted octanol–water partition coefficient (Wildman–Crippen LogP) is 2.24. The first-order valence-corrected chi connectivity index (χ1v) is 9.60. The number of rotatable bonds is 5. The number of thiazole rings is 1. The molecular formula is C13H22N2O2S2. The van der Waals surface area contributed by atoms with Crippen LogP contribution in [-0.4, -0.2) is 31.5 Å². The van der Waals surface area contributed by atoms with Gasteiger partial charge in [-0.1, -0.05) is 6.92 Å². The molecule has 0 saturated heterocycles. The van der Waals surface area contributed by atoms with Gasteiger partial charge in [0.1, 0.15) is 5.01 Å². The van der Waals surface area contributed by atoms with Crippen molar-refractivity contribution in [1.29, 1.82) is 0 Å². The first-order chi connectivity index (χ1) is 8.90. The number of nitrogens with one attached hydrogen (secondary N) is 1. The fourth-order valence-corrected chi connectivity index (χ4v) is 5.75. The molecule has 1 aliphatic carbocycles. The largest absolute Gasteiger partial charge is 0.304 e. The maximum atomic E-state index is 12.1. The molecule has 1 aliphatic rings. The van der Waals surface area contributed by atoms with Crippen molar-refractivity contribution >= 4 is 21.2 Å². The Labute approximate surface area is 119 Å². The van der Waals surface area contributed by atoms with Crippen LogP contribution in [0.1, 0.15) is 43.3 Å². The van der Waals surface area contributed by atoms with Crippen molar-refractivity contribution in [3.8, 4) is 0 Å². The highest BCUT2D eigenvalue weighted by Crippen LogP contribution is 2.43. The van der Waals surface area contributed by atoms with E-state index in [0.29, 0.717) is 0 Å². The summed E-state index contributed by atoms with van der Waals surface area (Å²) in [7, 11) is -3.08. The molecule has 0 radical (unpaired) electrons. The van der Waals surface area contributed by atoms with Crippen molar-refractivity contribution in [3.05, 3.63) is 16.1 Å². The Morgan fingerprint density at radius 3 is 2.84 bits per heavy atom. The van der Waals surface area contributed by atoms with Crippen LogP contribution in [0.15, 0.2) is 5.38 Å². The molecule has 0 bridgehead atoms. The normalized spacial score (nSPS) is 27.8. The molecule has 19 heavy (non-hydrogen) atoms. The zero-order valence-corrected chi connectivity index (χ0v) is 13.4. The molecule has 2 rings (SSSR count). The van der Waals surface area contributed by atoms with E-state index in [0.717, 1.165) is 42.9 Å². The molecule has 1 N–H and O–H groups in total. The Kier molecular flexibility index (Phi) is 4.32. The minimum absolute atomic E-state index is 0.350. The zero-order chi connectivity index (χ0) is 14.1. The molecule has 0 spiro atoms. The molecule has 0 aromatic carbocycles. The average Bonchev–Trinajstić information content (AvgIpc) is 2.92. The Balaban J connectivity index is 2.45. The summed E-state index contributed by atoms with van der Waals surface area (Å²) in [5.74, 6) is 0. The molecule has 0 aliphatic heterocycles. The standard InChI is InChI=1S/C13H22N2O2S2/c1-4-8-14-13(12-15-10(2)9-18-12)7-5-6-11(13)19(3,16)17/h9,11,14H,4-8H2,1-3H3. The molecule has 1 aromatic heterocycles. The maximum Gasteiger partial charge on any atom is 0.152 e. The number of hydrogen-bond acceptors (Lipinski definition) is 5. The summed E-state index contributed by atoms with van der Waals surface area (Å²) in [4.78, 5) is 4.57. The van der Waals surface area contributed by atoms with Gasteiger partial charge in [0, 0.05) is 17.3 Å². The van der Waals surface area contributed by atoms with Crippen LogP contribution in [0.2, 0.25) is 0 Å². The van der Waals surface area contributed by atoms with E-state index in [1.54, 1.807) is 11.3 Å². The smallest absolute Gasteiger partial charge is 0.152 e. The molecule has 1 aromatic rings. The zero-order valence-electron chi connectivity index (χ0n) is 11.8. The topological polar surface area (TPSA) is 59.1 Å². The first kappa shape index (κ1) is 14.9. The Morgan fingerprint density at radius 2 is 2.32 bits per heavy atom. The third kappa shape index (κ3) is 2.85. The molecule has 0 amide bonds. The van der Waals surface area contributed by atoms with E-state index in [-0.39, 0.29) is 5.25 Å². The number of nitrogens with zero attached hydrogens (tertiary/aromatic N) is 1. The number of hydrogen-bond donors (Lipinski definition) is 1. The highest BCUT2D eigenvalue weighted by molar-refractivity contribution is 7.91. The molecule has 4 nitrogen and oxygen atoms in total. The lowest BCUT2D eigenvalue weighted by Gasteiger charge is -2.34. The fourth-order valence-electron chi connectivity index (χ4n) is 2.98. The van der Waals surface area contributed by atoms with Gasteiger partial charge in [0.15, 0.2) is 9.84 Å². The predicted molar refractivity (Wildman–Crippen MR) is 79.3 cm³/mol. The number of sulfone groups is 1. The molecule has 108 valence electrons. The van der Waals surface area contributed by atoms with Crippen LogP contribution in [0.4, 0.5) is 0 Å². The lowest BCUT2D eigenvalue weighted by molar-refractivity contribution is 0.340. The van der Waals surface area contributed by atoms with Crippen LogP contribution in [0.3, 0.4) is 0 Å². The summed E-state index contributed by atoms with van der Waals surface area (Å²) < 4.78 is 24.3. The van der Waals surface area contributed by atoms with Gasteiger partial charge in [-0.3, -0.25) is 0 Å². The summed E-state index contributed by atoms with van der Waals surface area (Å²) >= 11 is 1.58. The number of aromatic nitrogens is 1. The lowest BCUT2D eigenvalue weighted by Crippen LogP contribution is -2.51. The minimum atomic E-state index is -3.08. The van der Waals surface area contributed by atoms with Gasteiger partial charge in [0.25, 0.3) is 0 Å². The molecular weight excluding hydrogens is 280 g/mol. The van der Waals surface area contributed by atoms with Gasteiger partial charge in [-0.2, -0.15) is 0 Å². The van der Waals surface area contributed by atoms with Gasteiger partial charge in [-0.15, -0.1) is 11.3 Å². The Hall–Kier alpha value is -0.460. The fraction of sp³-hybridized carbons (Fsp3) is 0.769. The monoisotopic (exact) mass is 302 g/mol. The van der Waals surface area contributed by atoms with Gasteiger partial charge in [0.05, 0.1) is 10.8 Å². The quantitative estimate of drug-likeness (QED) is 0.906. The highest BCUT2D eigenvalue weighted by atomic mass is 32.2. The van der Waals surface area contributed by atoms with E-state index in [1.165, 1.54) is 6.26 Å². The summed E-state index contributed by atoms with van der Waals surface area (Å²) in [6.07, 6.45) is 4.87. The highest BCUT2D eigenvalue weighted by Gasteiger charge is 2.50. The second kappa shape index (κ2) is 5.50.